The first-order chi connectivity index (χ1) is 9.96. The molecular weight excluding hydrogens is 290 g/mol. The maximum atomic E-state index is 11.3. The number of aliphatic hydroxyl groups is 1. The molecule has 0 bridgehead atoms. The zero-order valence-corrected chi connectivity index (χ0v) is 13.8. The maximum Gasteiger partial charge on any atom is 0.150 e. The predicted molar refractivity (Wildman–Crippen MR) is 83.1 cm³/mol. The molecule has 124 valence electrons. The minimum Gasteiger partial charge on any atom is -0.389 e. The molecule has 0 radical (unpaired) electrons. The normalized spacial score (nSPS) is 31.9. The maximum absolute atomic E-state index is 11.3. The third-order valence-electron chi connectivity index (χ3n) is 4.73. The van der Waals surface area contributed by atoms with E-state index in [-0.39, 0.29) is 23.7 Å². The number of hydrogen-bond donors (Lipinski definition) is 2. The highest BCUT2D eigenvalue weighted by molar-refractivity contribution is 7.91. The number of rotatable bonds is 6. The van der Waals surface area contributed by atoms with Gasteiger partial charge in [0.1, 0.15) is 9.84 Å². The highest BCUT2D eigenvalue weighted by Crippen LogP contribution is 2.26. The molecule has 0 amide bonds. The van der Waals surface area contributed by atoms with Crippen molar-refractivity contribution in [1.82, 2.24) is 5.32 Å². The van der Waals surface area contributed by atoms with Gasteiger partial charge in [-0.25, -0.2) is 8.42 Å². The molecule has 1 saturated carbocycles. The summed E-state index contributed by atoms with van der Waals surface area (Å²) in [6, 6.07) is 0.205. The molecule has 21 heavy (non-hydrogen) atoms. The summed E-state index contributed by atoms with van der Waals surface area (Å²) in [6.07, 6.45) is 5.89. The van der Waals surface area contributed by atoms with Gasteiger partial charge in [-0.15, -0.1) is 0 Å². The summed E-state index contributed by atoms with van der Waals surface area (Å²) in [5.41, 5.74) is 0. The van der Waals surface area contributed by atoms with Crippen molar-refractivity contribution in [3.8, 4) is 0 Å². The van der Waals surface area contributed by atoms with E-state index in [9.17, 15) is 13.5 Å². The summed E-state index contributed by atoms with van der Waals surface area (Å²) in [7, 11) is -2.81. The molecular formula is C15H29NO4S. The van der Waals surface area contributed by atoms with Crippen LogP contribution < -0.4 is 5.32 Å². The lowest BCUT2D eigenvalue weighted by molar-refractivity contribution is -0.0456. The van der Waals surface area contributed by atoms with Crippen LogP contribution in [0, 0.1) is 5.92 Å². The quantitative estimate of drug-likeness (QED) is 0.767. The van der Waals surface area contributed by atoms with E-state index in [2.05, 4.69) is 12.2 Å². The van der Waals surface area contributed by atoms with Crippen LogP contribution in [0.15, 0.2) is 0 Å². The monoisotopic (exact) mass is 319 g/mol. The molecule has 6 heteroatoms. The van der Waals surface area contributed by atoms with Gasteiger partial charge >= 0.3 is 0 Å². The lowest BCUT2D eigenvalue weighted by Gasteiger charge is -2.30. The minimum atomic E-state index is -2.81. The van der Waals surface area contributed by atoms with Crippen molar-refractivity contribution in [2.75, 3.05) is 24.7 Å². The van der Waals surface area contributed by atoms with Crippen LogP contribution in [0.2, 0.25) is 0 Å². The Balaban J connectivity index is 1.60. The lowest BCUT2D eigenvalue weighted by Crippen LogP contribution is -2.42. The Labute approximate surface area is 128 Å². The zero-order chi connectivity index (χ0) is 15.3. The SMILES string of the molecule is CC1CCCCC1OCC(O)CNC1CCS(=O)(=O)CC1. The molecule has 2 rings (SSSR count). The van der Waals surface area contributed by atoms with Gasteiger partial charge in [-0.2, -0.15) is 0 Å². The summed E-state index contributed by atoms with van der Waals surface area (Å²) in [4.78, 5) is 0. The van der Waals surface area contributed by atoms with E-state index >= 15 is 0 Å². The summed E-state index contributed by atoms with van der Waals surface area (Å²) in [5.74, 6) is 1.11. The second-order valence-electron chi connectivity index (χ2n) is 6.62. The smallest absolute Gasteiger partial charge is 0.150 e. The van der Waals surface area contributed by atoms with Gasteiger partial charge in [-0.1, -0.05) is 19.8 Å². The zero-order valence-electron chi connectivity index (χ0n) is 13.0. The third-order valence-corrected chi connectivity index (χ3v) is 6.45. The van der Waals surface area contributed by atoms with Gasteiger partial charge < -0.3 is 15.2 Å². The molecule has 0 spiro atoms. The average molecular weight is 319 g/mol. The van der Waals surface area contributed by atoms with Crippen molar-refractivity contribution in [2.45, 2.75) is 63.7 Å². The molecule has 3 unspecified atom stereocenters. The lowest BCUT2D eigenvalue weighted by atomic mass is 9.88. The Bertz CT molecular complexity index is 398. The first kappa shape index (κ1) is 17.2. The molecule has 1 heterocycles. The van der Waals surface area contributed by atoms with Gasteiger partial charge in [0.15, 0.2) is 0 Å². The van der Waals surface area contributed by atoms with Crippen molar-refractivity contribution >= 4 is 9.84 Å². The van der Waals surface area contributed by atoms with E-state index in [0.717, 1.165) is 6.42 Å². The van der Waals surface area contributed by atoms with E-state index in [1.54, 1.807) is 0 Å². The molecule has 0 aromatic heterocycles. The van der Waals surface area contributed by atoms with E-state index in [0.29, 0.717) is 31.9 Å². The first-order valence-electron chi connectivity index (χ1n) is 8.20. The van der Waals surface area contributed by atoms with Gasteiger partial charge in [0, 0.05) is 12.6 Å². The minimum absolute atomic E-state index is 0.205. The topological polar surface area (TPSA) is 75.6 Å². The molecule has 1 aliphatic carbocycles. The largest absolute Gasteiger partial charge is 0.389 e. The van der Waals surface area contributed by atoms with Gasteiger partial charge in [0.25, 0.3) is 0 Å². The molecule has 1 aliphatic heterocycles. The standard InChI is InChI=1S/C15H29NO4S/c1-12-4-2-3-5-15(12)20-11-14(17)10-16-13-6-8-21(18,19)9-7-13/h12-17H,2-11H2,1H3. The van der Waals surface area contributed by atoms with Gasteiger partial charge in [0.2, 0.25) is 0 Å². The molecule has 2 fully saturated rings. The molecule has 5 nitrogen and oxygen atoms in total. The van der Waals surface area contributed by atoms with Crippen LogP contribution in [0.1, 0.15) is 45.4 Å². The number of nitrogens with one attached hydrogen (secondary N) is 1. The van der Waals surface area contributed by atoms with Crippen molar-refractivity contribution in [3.05, 3.63) is 0 Å². The summed E-state index contributed by atoms with van der Waals surface area (Å²) in [5, 5.41) is 13.3. The van der Waals surface area contributed by atoms with Gasteiger partial charge in [-0.05, 0) is 31.6 Å². The Morgan fingerprint density at radius 1 is 1.19 bits per heavy atom. The summed E-state index contributed by atoms with van der Waals surface area (Å²) < 4.78 is 28.5. The van der Waals surface area contributed by atoms with E-state index in [4.69, 9.17) is 4.74 Å². The summed E-state index contributed by atoms with van der Waals surface area (Å²) in [6.45, 7) is 3.07. The predicted octanol–water partition coefficient (Wildman–Crippen LogP) is 1.11. The fourth-order valence-electron chi connectivity index (χ4n) is 3.22. The molecule has 0 aromatic rings. The van der Waals surface area contributed by atoms with Crippen LogP contribution >= 0.6 is 0 Å². The van der Waals surface area contributed by atoms with Crippen molar-refractivity contribution in [1.29, 1.82) is 0 Å². The highest BCUT2D eigenvalue weighted by atomic mass is 32.2. The van der Waals surface area contributed by atoms with Crippen molar-refractivity contribution in [3.63, 3.8) is 0 Å². The van der Waals surface area contributed by atoms with E-state index in [1.165, 1.54) is 19.3 Å². The van der Waals surface area contributed by atoms with E-state index < -0.39 is 15.9 Å². The average Bonchev–Trinajstić information content (AvgIpc) is 2.45. The molecule has 0 aromatic carbocycles. The van der Waals surface area contributed by atoms with Crippen LogP contribution in [0.25, 0.3) is 0 Å². The fraction of sp³-hybridized carbons (Fsp3) is 1.00. The Morgan fingerprint density at radius 3 is 2.52 bits per heavy atom. The number of ether oxygens (including phenoxy) is 1. The summed E-state index contributed by atoms with van der Waals surface area (Å²) >= 11 is 0. The van der Waals surface area contributed by atoms with Crippen molar-refractivity contribution in [2.24, 2.45) is 5.92 Å². The van der Waals surface area contributed by atoms with Crippen LogP contribution in [0.5, 0.6) is 0 Å². The Kier molecular flexibility index (Phi) is 6.47. The Hall–Kier alpha value is -0.170. The van der Waals surface area contributed by atoms with E-state index in [1.807, 2.05) is 0 Å². The van der Waals surface area contributed by atoms with Crippen LogP contribution in [-0.4, -0.2) is 56.4 Å². The Morgan fingerprint density at radius 2 is 1.86 bits per heavy atom. The highest BCUT2D eigenvalue weighted by Gasteiger charge is 2.25. The second-order valence-corrected chi connectivity index (χ2v) is 8.93. The first-order valence-corrected chi connectivity index (χ1v) is 10.0. The number of sulfone groups is 1. The van der Waals surface area contributed by atoms with Crippen LogP contribution in [0.3, 0.4) is 0 Å². The van der Waals surface area contributed by atoms with Crippen LogP contribution in [-0.2, 0) is 14.6 Å². The van der Waals surface area contributed by atoms with Crippen molar-refractivity contribution < 1.29 is 18.3 Å². The van der Waals surface area contributed by atoms with Gasteiger partial charge in [-0.3, -0.25) is 0 Å². The third kappa shape index (κ3) is 5.85. The second kappa shape index (κ2) is 7.90. The number of hydrogen-bond acceptors (Lipinski definition) is 5. The molecule has 2 aliphatic rings. The number of aliphatic hydroxyl groups excluding tert-OH is 1. The van der Waals surface area contributed by atoms with Gasteiger partial charge in [0.05, 0.1) is 30.3 Å². The molecule has 3 atom stereocenters. The molecule has 2 N–H and O–H groups in total. The van der Waals surface area contributed by atoms with Crippen LogP contribution in [0.4, 0.5) is 0 Å². The fourth-order valence-corrected chi connectivity index (χ4v) is 4.71. The molecule has 1 saturated heterocycles.